The lowest BCUT2D eigenvalue weighted by Gasteiger charge is -2.22. The second-order valence-electron chi connectivity index (χ2n) is 6.28. The summed E-state index contributed by atoms with van der Waals surface area (Å²) in [5.74, 6) is 0. The molecule has 0 aliphatic rings. The molecule has 0 fully saturated rings. The zero-order valence-electron chi connectivity index (χ0n) is 14.5. The van der Waals surface area contributed by atoms with Crippen LogP contribution in [-0.2, 0) is 8.85 Å². The summed E-state index contributed by atoms with van der Waals surface area (Å²) in [6, 6.07) is 0. The molecular weight excluding hydrogens is 264 g/mol. The van der Waals surface area contributed by atoms with E-state index in [0.29, 0.717) is 0 Å². The predicted octanol–water partition coefficient (Wildman–Crippen LogP) is 6.05. The van der Waals surface area contributed by atoms with Gasteiger partial charge in [-0.25, -0.2) is 0 Å². The van der Waals surface area contributed by atoms with Gasteiger partial charge in [0.2, 0.25) is 0 Å². The van der Waals surface area contributed by atoms with Gasteiger partial charge >= 0.3 is 8.56 Å². The normalized spacial score (nSPS) is 12.0. The van der Waals surface area contributed by atoms with Crippen LogP contribution in [0.2, 0.25) is 13.1 Å². The van der Waals surface area contributed by atoms with Crippen molar-refractivity contribution in [1.82, 2.24) is 0 Å². The molecule has 0 amide bonds. The van der Waals surface area contributed by atoms with Crippen LogP contribution in [0.25, 0.3) is 0 Å². The van der Waals surface area contributed by atoms with E-state index in [-0.39, 0.29) is 0 Å². The number of hydrogen-bond donors (Lipinski definition) is 0. The van der Waals surface area contributed by atoms with E-state index < -0.39 is 8.56 Å². The minimum absolute atomic E-state index is 0.885. The van der Waals surface area contributed by atoms with Crippen molar-refractivity contribution in [1.29, 1.82) is 0 Å². The van der Waals surface area contributed by atoms with E-state index in [4.69, 9.17) is 8.85 Å². The molecule has 0 aliphatic carbocycles. The molecule has 0 heterocycles. The van der Waals surface area contributed by atoms with Gasteiger partial charge in [0.25, 0.3) is 0 Å². The Morgan fingerprint density at radius 3 is 1.35 bits per heavy atom. The molecule has 0 radical (unpaired) electrons. The quantitative estimate of drug-likeness (QED) is 0.271. The van der Waals surface area contributed by atoms with Crippen molar-refractivity contribution in [3.8, 4) is 0 Å². The van der Waals surface area contributed by atoms with E-state index >= 15 is 0 Å². The maximum atomic E-state index is 5.98. The first-order valence-electron chi connectivity index (χ1n) is 8.90. The van der Waals surface area contributed by atoms with Crippen molar-refractivity contribution in [2.75, 3.05) is 13.2 Å². The van der Waals surface area contributed by atoms with Crippen molar-refractivity contribution in [2.24, 2.45) is 0 Å². The molecule has 0 aromatic heterocycles. The second kappa shape index (κ2) is 14.1. The Kier molecular flexibility index (Phi) is 14.2. The fourth-order valence-corrected chi connectivity index (χ4v) is 3.62. The van der Waals surface area contributed by atoms with Crippen LogP contribution in [0.1, 0.15) is 84.5 Å². The molecule has 0 aromatic carbocycles. The third kappa shape index (κ3) is 14.5. The molecule has 0 rings (SSSR count). The van der Waals surface area contributed by atoms with E-state index in [2.05, 4.69) is 26.9 Å². The van der Waals surface area contributed by atoms with Crippen LogP contribution < -0.4 is 0 Å². The Hall–Kier alpha value is 0.137. The van der Waals surface area contributed by atoms with E-state index in [1.165, 1.54) is 70.6 Å². The van der Waals surface area contributed by atoms with Crippen molar-refractivity contribution in [3.05, 3.63) is 0 Å². The van der Waals surface area contributed by atoms with Gasteiger partial charge in [0.05, 0.1) is 0 Å². The van der Waals surface area contributed by atoms with Gasteiger partial charge in [-0.2, -0.15) is 0 Å². The van der Waals surface area contributed by atoms with Gasteiger partial charge in [-0.05, 0) is 25.9 Å². The molecule has 0 aromatic rings. The maximum absolute atomic E-state index is 5.98. The number of unbranched alkanes of at least 4 members (excludes halogenated alkanes) is 9. The average molecular weight is 303 g/mol. The molecule has 0 saturated heterocycles. The summed E-state index contributed by atoms with van der Waals surface area (Å²) in [5, 5.41) is 0. The standard InChI is InChI=1S/C17H38O2Si/c1-5-7-9-11-12-13-15-17-19-20(3,4)18-16-14-10-8-6-2/h5-17H2,1-4H3. The minimum Gasteiger partial charge on any atom is -0.395 e. The summed E-state index contributed by atoms with van der Waals surface area (Å²) in [5.41, 5.74) is 0. The molecule has 122 valence electrons. The third-order valence-electron chi connectivity index (χ3n) is 3.65. The Morgan fingerprint density at radius 2 is 0.900 bits per heavy atom. The minimum atomic E-state index is -1.84. The van der Waals surface area contributed by atoms with E-state index in [1.54, 1.807) is 0 Å². The molecular formula is C17H38O2Si. The monoisotopic (exact) mass is 302 g/mol. The molecule has 0 bridgehead atoms. The molecule has 0 spiro atoms. The number of hydrogen-bond acceptors (Lipinski definition) is 2. The van der Waals surface area contributed by atoms with Crippen molar-refractivity contribution < 1.29 is 8.85 Å². The largest absolute Gasteiger partial charge is 0.395 e. The Morgan fingerprint density at radius 1 is 0.550 bits per heavy atom. The molecule has 0 atom stereocenters. The van der Waals surface area contributed by atoms with Gasteiger partial charge < -0.3 is 8.85 Å². The first-order valence-corrected chi connectivity index (χ1v) is 11.7. The molecule has 20 heavy (non-hydrogen) atoms. The van der Waals surface area contributed by atoms with Gasteiger partial charge in [0.1, 0.15) is 0 Å². The third-order valence-corrected chi connectivity index (χ3v) is 5.44. The Labute approximate surface area is 128 Å². The topological polar surface area (TPSA) is 18.5 Å². The summed E-state index contributed by atoms with van der Waals surface area (Å²) in [4.78, 5) is 0. The zero-order chi connectivity index (χ0) is 15.1. The van der Waals surface area contributed by atoms with Crippen molar-refractivity contribution >= 4 is 8.56 Å². The van der Waals surface area contributed by atoms with Crippen LogP contribution in [0.5, 0.6) is 0 Å². The average Bonchev–Trinajstić information content (AvgIpc) is 2.41. The first kappa shape index (κ1) is 20.1. The van der Waals surface area contributed by atoms with Crippen LogP contribution in [0, 0.1) is 0 Å². The summed E-state index contributed by atoms with van der Waals surface area (Å²) >= 11 is 0. The van der Waals surface area contributed by atoms with Gasteiger partial charge in [-0.1, -0.05) is 71.6 Å². The molecule has 0 N–H and O–H groups in total. The summed E-state index contributed by atoms with van der Waals surface area (Å²) < 4.78 is 11.9. The molecule has 3 heteroatoms. The molecule has 0 unspecified atom stereocenters. The smallest absolute Gasteiger partial charge is 0.331 e. The molecule has 0 saturated carbocycles. The summed E-state index contributed by atoms with van der Waals surface area (Å²) in [7, 11) is -1.84. The van der Waals surface area contributed by atoms with Gasteiger partial charge in [-0.15, -0.1) is 0 Å². The SMILES string of the molecule is CCCCCCCCCO[Si](C)(C)OCCCCCC. The van der Waals surface area contributed by atoms with Crippen molar-refractivity contribution in [3.63, 3.8) is 0 Å². The van der Waals surface area contributed by atoms with Crippen LogP contribution in [0.4, 0.5) is 0 Å². The fraction of sp³-hybridized carbons (Fsp3) is 1.00. The highest BCUT2D eigenvalue weighted by atomic mass is 28.4. The Balaban J connectivity index is 3.33. The van der Waals surface area contributed by atoms with Crippen LogP contribution >= 0.6 is 0 Å². The Bertz CT molecular complexity index is 195. The summed E-state index contributed by atoms with van der Waals surface area (Å²) in [6.45, 7) is 10.6. The second-order valence-corrected chi connectivity index (χ2v) is 9.66. The van der Waals surface area contributed by atoms with Gasteiger partial charge in [-0.3, -0.25) is 0 Å². The van der Waals surface area contributed by atoms with Crippen LogP contribution in [0.3, 0.4) is 0 Å². The molecule has 0 aliphatic heterocycles. The maximum Gasteiger partial charge on any atom is 0.331 e. The van der Waals surface area contributed by atoms with Gasteiger partial charge in [0, 0.05) is 13.2 Å². The highest BCUT2D eigenvalue weighted by molar-refractivity contribution is 6.64. The first-order chi connectivity index (χ1) is 9.62. The van der Waals surface area contributed by atoms with Crippen molar-refractivity contribution in [2.45, 2.75) is 97.6 Å². The van der Waals surface area contributed by atoms with Crippen LogP contribution in [-0.4, -0.2) is 21.8 Å². The molecule has 2 nitrogen and oxygen atoms in total. The lowest BCUT2D eigenvalue weighted by Crippen LogP contribution is -2.35. The predicted molar refractivity (Wildman–Crippen MR) is 91.5 cm³/mol. The lowest BCUT2D eigenvalue weighted by molar-refractivity contribution is 0.173. The van der Waals surface area contributed by atoms with E-state index in [0.717, 1.165) is 13.2 Å². The zero-order valence-corrected chi connectivity index (χ0v) is 15.5. The lowest BCUT2D eigenvalue weighted by atomic mass is 10.1. The van der Waals surface area contributed by atoms with Crippen LogP contribution in [0.15, 0.2) is 0 Å². The van der Waals surface area contributed by atoms with E-state index in [9.17, 15) is 0 Å². The fourth-order valence-electron chi connectivity index (χ4n) is 2.27. The van der Waals surface area contributed by atoms with Gasteiger partial charge in [0.15, 0.2) is 0 Å². The van der Waals surface area contributed by atoms with E-state index in [1.807, 2.05) is 0 Å². The summed E-state index contributed by atoms with van der Waals surface area (Å²) in [6.07, 6.45) is 14.5. The highest BCUT2D eigenvalue weighted by Gasteiger charge is 2.23. The highest BCUT2D eigenvalue weighted by Crippen LogP contribution is 2.11. The number of rotatable bonds is 15.